The minimum Gasteiger partial charge on any atom is -0.333 e. The fourth-order valence-electron chi connectivity index (χ4n) is 3.52. The molecule has 29 heavy (non-hydrogen) atoms. The van der Waals surface area contributed by atoms with E-state index < -0.39 is 23.1 Å². The molecular weight excluding hydrogens is 409 g/mol. The molecule has 0 aliphatic carbocycles. The Labute approximate surface area is 172 Å². The first-order valence-electron chi connectivity index (χ1n) is 8.97. The molecule has 1 saturated heterocycles. The highest BCUT2D eigenvalue weighted by molar-refractivity contribution is 5.92. The van der Waals surface area contributed by atoms with Crippen LogP contribution in [0, 0.1) is 6.92 Å². The van der Waals surface area contributed by atoms with E-state index in [4.69, 9.17) is 0 Å². The third-order valence-electron chi connectivity index (χ3n) is 4.83. The van der Waals surface area contributed by atoms with E-state index in [1.807, 2.05) is 0 Å². The average Bonchev–Trinajstić information content (AvgIpc) is 3.09. The zero-order chi connectivity index (χ0) is 20.5. The second-order valence-corrected chi connectivity index (χ2v) is 6.78. The summed E-state index contributed by atoms with van der Waals surface area (Å²) >= 11 is 0. The Morgan fingerprint density at radius 3 is 2.66 bits per heavy atom. The number of amides is 1. The molecule has 0 spiro atoms. The molecule has 1 atom stereocenters. The summed E-state index contributed by atoms with van der Waals surface area (Å²) in [4.78, 5) is 26.9. The molecule has 2 aromatic rings. The Bertz CT molecular complexity index is 946. The molecule has 0 radical (unpaired) electrons. The van der Waals surface area contributed by atoms with Crippen molar-refractivity contribution in [1.29, 1.82) is 0 Å². The van der Waals surface area contributed by atoms with Gasteiger partial charge in [-0.3, -0.25) is 9.59 Å². The number of aromatic nitrogens is 2. The Kier molecular flexibility index (Phi) is 7.07. The normalized spacial score (nSPS) is 16.6. The van der Waals surface area contributed by atoms with Gasteiger partial charge in [-0.15, -0.1) is 12.4 Å². The number of carbonyl (C=O) groups is 1. The summed E-state index contributed by atoms with van der Waals surface area (Å²) in [6.07, 6.45) is -3.00. The van der Waals surface area contributed by atoms with Gasteiger partial charge in [0.05, 0.1) is 11.3 Å². The lowest BCUT2D eigenvalue weighted by atomic mass is 10.1. The van der Waals surface area contributed by atoms with Gasteiger partial charge in [-0.25, -0.2) is 4.68 Å². The van der Waals surface area contributed by atoms with Crippen molar-refractivity contribution < 1.29 is 18.0 Å². The molecule has 0 saturated carbocycles. The van der Waals surface area contributed by atoms with Crippen molar-refractivity contribution in [2.45, 2.75) is 32.0 Å². The summed E-state index contributed by atoms with van der Waals surface area (Å²) in [5, 5.41) is 7.06. The number of benzene rings is 1. The Balaban J connectivity index is 0.00000300. The molecule has 1 unspecified atom stereocenters. The van der Waals surface area contributed by atoms with Gasteiger partial charge in [0.2, 0.25) is 5.43 Å². The smallest absolute Gasteiger partial charge is 0.333 e. The monoisotopic (exact) mass is 430 g/mol. The standard InChI is InChI=1S/C19H21F3N4O2.ClH/c1-12-10-16(27)17(18(28)25-9-5-6-13(25)11-23-2)24-26(12)15-8-4-3-7-14(15)19(20,21)22;/h3-4,7-8,10,13,23H,5-6,9,11H2,1-2H3;1H. The van der Waals surface area contributed by atoms with E-state index in [1.54, 1.807) is 11.9 Å². The van der Waals surface area contributed by atoms with Crippen LogP contribution in [0.2, 0.25) is 0 Å². The van der Waals surface area contributed by atoms with Gasteiger partial charge >= 0.3 is 6.18 Å². The molecule has 1 fully saturated rings. The van der Waals surface area contributed by atoms with E-state index in [-0.39, 0.29) is 35.5 Å². The molecule has 10 heteroatoms. The molecular formula is C19H22ClF3N4O2. The molecule has 1 aliphatic heterocycles. The van der Waals surface area contributed by atoms with Crippen molar-refractivity contribution in [1.82, 2.24) is 20.0 Å². The van der Waals surface area contributed by atoms with Crippen LogP contribution in [0.5, 0.6) is 0 Å². The van der Waals surface area contributed by atoms with E-state index in [0.717, 1.165) is 29.7 Å². The minimum atomic E-state index is -4.59. The van der Waals surface area contributed by atoms with Crippen molar-refractivity contribution in [2.75, 3.05) is 20.1 Å². The predicted molar refractivity (Wildman–Crippen MR) is 105 cm³/mol. The van der Waals surface area contributed by atoms with Crippen molar-refractivity contribution in [3.63, 3.8) is 0 Å². The van der Waals surface area contributed by atoms with Crippen molar-refractivity contribution >= 4 is 18.3 Å². The van der Waals surface area contributed by atoms with Crippen LogP contribution in [-0.2, 0) is 6.18 Å². The molecule has 1 N–H and O–H groups in total. The average molecular weight is 431 g/mol. The molecule has 6 nitrogen and oxygen atoms in total. The van der Waals surface area contributed by atoms with E-state index in [2.05, 4.69) is 10.4 Å². The van der Waals surface area contributed by atoms with Gasteiger partial charge in [-0.2, -0.15) is 18.3 Å². The molecule has 3 rings (SSSR count). The maximum atomic E-state index is 13.4. The van der Waals surface area contributed by atoms with Gasteiger partial charge in [0.15, 0.2) is 5.69 Å². The highest BCUT2D eigenvalue weighted by Gasteiger charge is 2.35. The fourth-order valence-corrected chi connectivity index (χ4v) is 3.52. The maximum absolute atomic E-state index is 13.4. The molecule has 2 heterocycles. The topological polar surface area (TPSA) is 67.2 Å². The number of halogens is 4. The van der Waals surface area contributed by atoms with Crippen molar-refractivity contribution in [2.24, 2.45) is 0 Å². The number of carbonyl (C=O) groups excluding carboxylic acids is 1. The first-order chi connectivity index (χ1) is 13.2. The van der Waals surface area contributed by atoms with Crippen molar-refractivity contribution in [3.05, 3.63) is 57.5 Å². The Morgan fingerprint density at radius 1 is 1.31 bits per heavy atom. The zero-order valence-corrected chi connectivity index (χ0v) is 16.8. The van der Waals surface area contributed by atoms with Gasteiger partial charge in [0.25, 0.3) is 5.91 Å². The second-order valence-electron chi connectivity index (χ2n) is 6.78. The van der Waals surface area contributed by atoms with Gasteiger partial charge in [0, 0.05) is 30.9 Å². The number of para-hydroxylation sites is 1. The summed E-state index contributed by atoms with van der Waals surface area (Å²) in [7, 11) is 1.77. The summed E-state index contributed by atoms with van der Waals surface area (Å²) < 4.78 is 41.2. The lowest BCUT2D eigenvalue weighted by molar-refractivity contribution is -0.137. The van der Waals surface area contributed by atoms with Crippen LogP contribution >= 0.6 is 12.4 Å². The lowest BCUT2D eigenvalue weighted by Gasteiger charge is -2.24. The molecule has 1 aliphatic rings. The van der Waals surface area contributed by atoms with Gasteiger partial charge < -0.3 is 10.2 Å². The molecule has 1 aromatic carbocycles. The summed E-state index contributed by atoms with van der Waals surface area (Å²) in [6, 6.07) is 6.02. The fraction of sp³-hybridized carbons (Fsp3) is 0.421. The van der Waals surface area contributed by atoms with Crippen LogP contribution in [-0.4, -0.2) is 46.8 Å². The van der Waals surface area contributed by atoms with Crippen molar-refractivity contribution in [3.8, 4) is 5.69 Å². The van der Waals surface area contributed by atoms with Crippen LogP contribution in [0.25, 0.3) is 5.69 Å². The SMILES string of the molecule is CNCC1CCCN1C(=O)c1nn(-c2ccccc2C(F)(F)F)c(C)cc1=O.Cl. The molecule has 1 amide bonds. The van der Waals surface area contributed by atoms with Crippen LogP contribution in [0.4, 0.5) is 13.2 Å². The Hall–Kier alpha value is -2.39. The largest absolute Gasteiger partial charge is 0.418 e. The lowest BCUT2D eigenvalue weighted by Crippen LogP contribution is -2.43. The van der Waals surface area contributed by atoms with Crippen LogP contribution in [0.3, 0.4) is 0 Å². The number of nitrogens with one attached hydrogen (secondary N) is 1. The number of alkyl halides is 3. The number of rotatable bonds is 4. The highest BCUT2D eigenvalue weighted by atomic mass is 35.5. The number of likely N-dealkylation sites (N-methyl/N-ethyl adjacent to an activating group) is 1. The number of aryl methyl sites for hydroxylation is 1. The number of hydrogen-bond acceptors (Lipinski definition) is 4. The van der Waals surface area contributed by atoms with Gasteiger partial charge in [-0.05, 0) is 38.9 Å². The molecule has 1 aromatic heterocycles. The van der Waals surface area contributed by atoms with Gasteiger partial charge in [0.1, 0.15) is 0 Å². The number of hydrogen-bond donors (Lipinski definition) is 1. The van der Waals surface area contributed by atoms with E-state index >= 15 is 0 Å². The number of nitrogens with zero attached hydrogens (tertiary/aromatic N) is 3. The maximum Gasteiger partial charge on any atom is 0.418 e. The Morgan fingerprint density at radius 2 is 2.00 bits per heavy atom. The third-order valence-corrected chi connectivity index (χ3v) is 4.83. The third kappa shape index (κ3) is 4.62. The zero-order valence-electron chi connectivity index (χ0n) is 16.0. The predicted octanol–water partition coefficient (Wildman–Crippen LogP) is 2.81. The highest BCUT2D eigenvalue weighted by Crippen LogP contribution is 2.33. The number of likely N-dealkylation sites (tertiary alicyclic amines) is 1. The first kappa shape index (κ1) is 22.9. The van der Waals surface area contributed by atoms with Crippen LogP contribution in [0.15, 0.2) is 35.1 Å². The minimum absolute atomic E-state index is 0. The summed E-state index contributed by atoms with van der Waals surface area (Å²) in [5.74, 6) is -0.555. The van der Waals surface area contributed by atoms with E-state index in [9.17, 15) is 22.8 Å². The first-order valence-corrected chi connectivity index (χ1v) is 8.97. The van der Waals surface area contributed by atoms with Crippen LogP contribution in [0.1, 0.15) is 34.6 Å². The van der Waals surface area contributed by atoms with Gasteiger partial charge in [-0.1, -0.05) is 12.1 Å². The molecule has 0 bridgehead atoms. The second kappa shape index (κ2) is 8.96. The quantitative estimate of drug-likeness (QED) is 0.810. The summed E-state index contributed by atoms with van der Waals surface area (Å²) in [5.41, 5.74) is -1.87. The summed E-state index contributed by atoms with van der Waals surface area (Å²) in [6.45, 7) is 2.54. The van der Waals surface area contributed by atoms with Crippen LogP contribution < -0.4 is 10.7 Å². The van der Waals surface area contributed by atoms with E-state index in [0.29, 0.717) is 13.1 Å². The molecule has 158 valence electrons. The van der Waals surface area contributed by atoms with E-state index in [1.165, 1.54) is 25.1 Å².